The predicted molar refractivity (Wildman–Crippen MR) is 121 cm³/mol. The fourth-order valence-electron chi connectivity index (χ4n) is 3.42. The molecule has 0 radical (unpaired) electrons. The summed E-state index contributed by atoms with van der Waals surface area (Å²) in [6.07, 6.45) is 0. The van der Waals surface area contributed by atoms with E-state index in [9.17, 15) is 4.79 Å². The zero-order valence-corrected chi connectivity index (χ0v) is 18.6. The third kappa shape index (κ3) is 4.58. The highest BCUT2D eigenvalue weighted by Crippen LogP contribution is 2.30. The molecule has 0 aliphatic carbocycles. The standard InChI is InChI=1S/C21H25N5O4S/c1-4-30-19-18(23-20-17(22-19)5-10-31-20)24-21(27)26-8-6-25(7-9-26)14-11-15(28-2)13-16(12-14)29-3/h5,10-13H,4,6-9H2,1-3H3,(H,23,24,27). The Morgan fingerprint density at radius 2 is 1.81 bits per heavy atom. The fourth-order valence-corrected chi connectivity index (χ4v) is 4.12. The average molecular weight is 444 g/mol. The van der Waals surface area contributed by atoms with E-state index in [1.165, 1.54) is 11.3 Å². The number of nitrogens with zero attached hydrogens (tertiary/aromatic N) is 4. The molecule has 1 N–H and O–H groups in total. The fraction of sp³-hybridized carbons (Fsp3) is 0.381. The highest BCUT2D eigenvalue weighted by atomic mass is 32.1. The van der Waals surface area contributed by atoms with Crippen LogP contribution in [0.2, 0.25) is 0 Å². The third-order valence-electron chi connectivity index (χ3n) is 5.04. The van der Waals surface area contributed by atoms with E-state index in [1.807, 2.05) is 36.6 Å². The maximum Gasteiger partial charge on any atom is 0.323 e. The van der Waals surface area contributed by atoms with Gasteiger partial charge in [0.2, 0.25) is 0 Å². The van der Waals surface area contributed by atoms with E-state index >= 15 is 0 Å². The van der Waals surface area contributed by atoms with Crippen LogP contribution >= 0.6 is 11.3 Å². The molecule has 1 aliphatic rings. The molecule has 3 aromatic rings. The predicted octanol–water partition coefficient (Wildman–Crippen LogP) is 3.46. The van der Waals surface area contributed by atoms with Crippen LogP contribution in [0.4, 0.5) is 16.3 Å². The molecule has 9 nitrogen and oxygen atoms in total. The minimum absolute atomic E-state index is 0.214. The summed E-state index contributed by atoms with van der Waals surface area (Å²) in [7, 11) is 3.27. The average Bonchev–Trinajstić information content (AvgIpc) is 3.26. The van der Waals surface area contributed by atoms with Crippen molar-refractivity contribution in [2.75, 3.05) is 57.2 Å². The van der Waals surface area contributed by atoms with Gasteiger partial charge in [-0.2, -0.15) is 0 Å². The number of carbonyl (C=O) groups excluding carboxylic acids is 1. The number of ether oxygens (including phenoxy) is 3. The van der Waals surface area contributed by atoms with Gasteiger partial charge in [-0.05, 0) is 18.4 Å². The van der Waals surface area contributed by atoms with Crippen molar-refractivity contribution in [3.63, 3.8) is 0 Å². The van der Waals surface area contributed by atoms with E-state index in [0.717, 1.165) is 27.5 Å². The van der Waals surface area contributed by atoms with Gasteiger partial charge in [-0.3, -0.25) is 5.32 Å². The third-order valence-corrected chi connectivity index (χ3v) is 5.83. The monoisotopic (exact) mass is 443 g/mol. The highest BCUT2D eigenvalue weighted by Gasteiger charge is 2.24. The SMILES string of the molecule is CCOc1nc2ccsc2nc1NC(=O)N1CCN(c2cc(OC)cc(OC)c2)CC1. The Morgan fingerprint density at radius 1 is 1.10 bits per heavy atom. The molecule has 0 unspecified atom stereocenters. The lowest BCUT2D eigenvalue weighted by molar-refractivity contribution is 0.208. The maximum absolute atomic E-state index is 12.9. The summed E-state index contributed by atoms with van der Waals surface area (Å²) in [5, 5.41) is 4.79. The molecule has 31 heavy (non-hydrogen) atoms. The maximum atomic E-state index is 12.9. The van der Waals surface area contributed by atoms with Crippen molar-refractivity contribution in [1.82, 2.24) is 14.9 Å². The minimum Gasteiger partial charge on any atom is -0.497 e. The Bertz CT molecular complexity index is 1040. The van der Waals surface area contributed by atoms with Gasteiger partial charge in [0, 0.05) is 50.1 Å². The topological polar surface area (TPSA) is 89.1 Å². The number of hydrogen-bond donors (Lipinski definition) is 1. The molecule has 164 valence electrons. The molecule has 1 fully saturated rings. The van der Waals surface area contributed by atoms with E-state index < -0.39 is 0 Å². The summed E-state index contributed by atoms with van der Waals surface area (Å²) in [5.41, 5.74) is 1.76. The first kappa shape index (κ1) is 21.0. The summed E-state index contributed by atoms with van der Waals surface area (Å²) in [6, 6.07) is 7.45. The molecule has 3 heterocycles. The lowest BCUT2D eigenvalue weighted by atomic mass is 10.2. The first-order valence-electron chi connectivity index (χ1n) is 10.0. The second kappa shape index (κ2) is 9.25. The molecule has 0 spiro atoms. The largest absolute Gasteiger partial charge is 0.497 e. The minimum atomic E-state index is -0.214. The Hall–Kier alpha value is -3.27. The van der Waals surface area contributed by atoms with E-state index in [2.05, 4.69) is 20.2 Å². The van der Waals surface area contributed by atoms with Crippen molar-refractivity contribution in [3.8, 4) is 17.4 Å². The summed E-state index contributed by atoms with van der Waals surface area (Å²) >= 11 is 1.47. The van der Waals surface area contributed by atoms with Gasteiger partial charge in [-0.25, -0.2) is 14.8 Å². The van der Waals surface area contributed by atoms with Crippen molar-refractivity contribution in [3.05, 3.63) is 29.6 Å². The van der Waals surface area contributed by atoms with Gasteiger partial charge in [0.05, 0.1) is 20.8 Å². The molecule has 2 amide bonds. The Labute approximate surface area is 184 Å². The van der Waals surface area contributed by atoms with Gasteiger partial charge in [0.15, 0.2) is 5.82 Å². The molecule has 0 bridgehead atoms. The molecule has 1 aliphatic heterocycles. The number of thiophene rings is 1. The number of aromatic nitrogens is 2. The van der Waals surface area contributed by atoms with Crippen LogP contribution in [-0.4, -0.2) is 67.9 Å². The van der Waals surface area contributed by atoms with Crippen molar-refractivity contribution >= 4 is 39.2 Å². The number of nitrogens with one attached hydrogen (secondary N) is 1. The van der Waals surface area contributed by atoms with Crippen molar-refractivity contribution in [1.29, 1.82) is 0 Å². The van der Waals surface area contributed by atoms with Crippen molar-refractivity contribution in [2.45, 2.75) is 6.92 Å². The smallest absolute Gasteiger partial charge is 0.323 e. The van der Waals surface area contributed by atoms with Crippen molar-refractivity contribution in [2.24, 2.45) is 0 Å². The lowest BCUT2D eigenvalue weighted by Crippen LogP contribution is -2.50. The number of hydrogen-bond acceptors (Lipinski definition) is 8. The van der Waals surface area contributed by atoms with E-state index in [1.54, 1.807) is 19.1 Å². The molecular formula is C21H25N5O4S. The van der Waals surface area contributed by atoms with Crippen LogP contribution in [0.25, 0.3) is 10.3 Å². The normalized spacial score (nSPS) is 13.9. The zero-order chi connectivity index (χ0) is 21.8. The zero-order valence-electron chi connectivity index (χ0n) is 17.8. The van der Waals surface area contributed by atoms with Gasteiger partial charge >= 0.3 is 6.03 Å². The number of piperazine rings is 1. The van der Waals surface area contributed by atoms with Crippen LogP contribution in [0, 0.1) is 0 Å². The quantitative estimate of drug-likeness (QED) is 0.624. The Kier molecular flexibility index (Phi) is 6.26. The molecule has 0 saturated carbocycles. The molecule has 1 aromatic carbocycles. The summed E-state index contributed by atoms with van der Waals surface area (Å²) < 4.78 is 16.3. The van der Waals surface area contributed by atoms with Crippen LogP contribution in [0.1, 0.15) is 6.92 Å². The second-order valence-electron chi connectivity index (χ2n) is 6.90. The number of fused-ring (bicyclic) bond motifs is 1. The molecule has 2 aromatic heterocycles. The van der Waals surface area contributed by atoms with Gasteiger partial charge < -0.3 is 24.0 Å². The number of methoxy groups -OCH3 is 2. The highest BCUT2D eigenvalue weighted by molar-refractivity contribution is 7.16. The van der Waals surface area contributed by atoms with Crippen molar-refractivity contribution < 1.29 is 19.0 Å². The molecule has 1 saturated heterocycles. The summed E-state index contributed by atoms with van der Waals surface area (Å²) in [5.74, 6) is 2.16. The number of anilines is 2. The van der Waals surface area contributed by atoms with Gasteiger partial charge in [-0.15, -0.1) is 11.3 Å². The van der Waals surface area contributed by atoms with Crippen LogP contribution < -0.4 is 24.4 Å². The number of carbonyl (C=O) groups is 1. The number of amides is 2. The van der Waals surface area contributed by atoms with Crippen LogP contribution in [0.3, 0.4) is 0 Å². The molecule has 10 heteroatoms. The van der Waals surface area contributed by atoms with Gasteiger partial charge in [0.1, 0.15) is 21.8 Å². The van der Waals surface area contributed by atoms with Crippen LogP contribution in [0.15, 0.2) is 29.6 Å². The van der Waals surface area contributed by atoms with Gasteiger partial charge in [-0.1, -0.05) is 0 Å². The first-order chi connectivity index (χ1) is 15.1. The number of benzene rings is 1. The Balaban J connectivity index is 1.43. The Morgan fingerprint density at radius 3 is 2.45 bits per heavy atom. The second-order valence-corrected chi connectivity index (χ2v) is 7.79. The van der Waals surface area contributed by atoms with E-state index in [4.69, 9.17) is 14.2 Å². The van der Waals surface area contributed by atoms with Crippen LogP contribution in [0.5, 0.6) is 17.4 Å². The van der Waals surface area contributed by atoms with E-state index in [-0.39, 0.29) is 6.03 Å². The number of rotatable bonds is 6. The molecule has 4 rings (SSSR count). The first-order valence-corrected chi connectivity index (χ1v) is 10.9. The van der Waals surface area contributed by atoms with E-state index in [0.29, 0.717) is 44.5 Å². The van der Waals surface area contributed by atoms with Crippen LogP contribution in [-0.2, 0) is 0 Å². The number of urea groups is 1. The van der Waals surface area contributed by atoms with Gasteiger partial charge in [0.25, 0.3) is 5.88 Å². The molecular weight excluding hydrogens is 418 g/mol. The summed E-state index contributed by atoms with van der Waals surface area (Å²) in [6.45, 7) is 4.84. The molecule has 0 atom stereocenters. The lowest BCUT2D eigenvalue weighted by Gasteiger charge is -2.36. The summed E-state index contributed by atoms with van der Waals surface area (Å²) in [4.78, 5) is 26.6.